The average molecular weight is 260 g/mol. The Balaban J connectivity index is 1.69. The van der Waals surface area contributed by atoms with Crippen LogP contribution in [-0.2, 0) is 4.74 Å². The molecule has 0 N–H and O–H groups in total. The van der Waals surface area contributed by atoms with Crippen LogP contribution in [0.4, 0.5) is 0 Å². The van der Waals surface area contributed by atoms with E-state index in [9.17, 15) is 0 Å². The van der Waals surface area contributed by atoms with Gasteiger partial charge in [-0.1, -0.05) is 18.6 Å². The molecule has 1 heteroatoms. The van der Waals surface area contributed by atoms with Crippen molar-refractivity contribution in [2.75, 3.05) is 6.61 Å². The SMILES string of the molecule is C[C@]12CCCC=C1CC[C@@H]1[C@@H]2CC[C@]2(C)OCC[C@@H]12. The highest BCUT2D eigenvalue weighted by Crippen LogP contribution is 2.62. The lowest BCUT2D eigenvalue weighted by Crippen LogP contribution is -2.51. The first-order valence-corrected chi connectivity index (χ1v) is 8.47. The minimum atomic E-state index is 0.230. The summed E-state index contributed by atoms with van der Waals surface area (Å²) >= 11 is 0. The molecule has 3 fully saturated rings. The lowest BCUT2D eigenvalue weighted by Gasteiger charge is -2.56. The predicted molar refractivity (Wildman–Crippen MR) is 78.0 cm³/mol. The maximum Gasteiger partial charge on any atom is 0.0686 e. The van der Waals surface area contributed by atoms with E-state index in [-0.39, 0.29) is 5.60 Å². The second-order valence-corrected chi connectivity index (χ2v) is 7.94. The monoisotopic (exact) mass is 260 g/mol. The van der Waals surface area contributed by atoms with Crippen molar-refractivity contribution in [3.63, 3.8) is 0 Å². The summed E-state index contributed by atoms with van der Waals surface area (Å²) in [7, 11) is 0. The van der Waals surface area contributed by atoms with Crippen LogP contribution in [0.5, 0.6) is 0 Å². The summed E-state index contributed by atoms with van der Waals surface area (Å²) < 4.78 is 6.15. The zero-order valence-corrected chi connectivity index (χ0v) is 12.6. The number of fused-ring (bicyclic) bond motifs is 5. The first kappa shape index (κ1) is 12.4. The van der Waals surface area contributed by atoms with Gasteiger partial charge in [-0.3, -0.25) is 0 Å². The molecule has 1 nitrogen and oxygen atoms in total. The molecule has 106 valence electrons. The predicted octanol–water partition coefficient (Wildman–Crippen LogP) is 4.72. The molecule has 19 heavy (non-hydrogen) atoms. The molecular weight excluding hydrogens is 232 g/mol. The van der Waals surface area contributed by atoms with Crippen molar-refractivity contribution >= 4 is 0 Å². The van der Waals surface area contributed by atoms with Gasteiger partial charge in [-0.25, -0.2) is 0 Å². The molecule has 0 bridgehead atoms. The molecule has 2 saturated carbocycles. The van der Waals surface area contributed by atoms with Crippen molar-refractivity contribution in [2.45, 2.75) is 70.8 Å². The molecule has 0 radical (unpaired) electrons. The number of allylic oxidation sites excluding steroid dienone is 2. The Hall–Kier alpha value is -0.300. The van der Waals surface area contributed by atoms with Gasteiger partial charge >= 0.3 is 0 Å². The lowest BCUT2D eigenvalue weighted by molar-refractivity contribution is -0.0944. The summed E-state index contributed by atoms with van der Waals surface area (Å²) in [4.78, 5) is 0. The molecule has 0 aromatic heterocycles. The van der Waals surface area contributed by atoms with Crippen LogP contribution in [0.1, 0.15) is 65.2 Å². The van der Waals surface area contributed by atoms with Gasteiger partial charge in [0.15, 0.2) is 0 Å². The number of hydrogen-bond acceptors (Lipinski definition) is 1. The van der Waals surface area contributed by atoms with Crippen molar-refractivity contribution in [3.8, 4) is 0 Å². The van der Waals surface area contributed by atoms with E-state index in [1.54, 1.807) is 0 Å². The van der Waals surface area contributed by atoms with Crippen LogP contribution in [-0.4, -0.2) is 12.2 Å². The van der Waals surface area contributed by atoms with E-state index < -0.39 is 0 Å². The van der Waals surface area contributed by atoms with Crippen LogP contribution in [0, 0.1) is 23.2 Å². The maximum atomic E-state index is 6.15. The molecular formula is C18H28O. The van der Waals surface area contributed by atoms with E-state index in [2.05, 4.69) is 19.9 Å². The van der Waals surface area contributed by atoms with Crippen LogP contribution >= 0.6 is 0 Å². The fourth-order valence-electron chi connectivity index (χ4n) is 6.16. The van der Waals surface area contributed by atoms with E-state index in [4.69, 9.17) is 4.74 Å². The van der Waals surface area contributed by atoms with E-state index in [1.807, 2.05) is 5.57 Å². The Morgan fingerprint density at radius 2 is 2.00 bits per heavy atom. The van der Waals surface area contributed by atoms with E-state index >= 15 is 0 Å². The highest BCUT2D eigenvalue weighted by Gasteiger charge is 2.56. The molecule has 0 aromatic carbocycles. The molecule has 0 aromatic rings. The fraction of sp³-hybridized carbons (Fsp3) is 0.889. The van der Waals surface area contributed by atoms with Crippen molar-refractivity contribution in [2.24, 2.45) is 23.2 Å². The third-order valence-electron chi connectivity index (χ3n) is 7.22. The Morgan fingerprint density at radius 1 is 1.11 bits per heavy atom. The van der Waals surface area contributed by atoms with Gasteiger partial charge in [0, 0.05) is 6.61 Å². The zero-order valence-electron chi connectivity index (χ0n) is 12.6. The standard InChI is InChI=1S/C18H28O/c1-17-10-4-3-5-13(17)6-7-14-15(17)8-11-18(2)16(14)9-12-19-18/h5,14-16H,3-4,6-12H2,1-2H3/t14-,15+,16+,17+,18+/m1/s1. The Kier molecular flexibility index (Phi) is 2.68. The summed E-state index contributed by atoms with van der Waals surface area (Å²) in [5.74, 6) is 2.75. The molecule has 0 unspecified atom stereocenters. The third kappa shape index (κ3) is 1.63. The molecule has 0 amide bonds. The Bertz CT molecular complexity index is 412. The first-order chi connectivity index (χ1) is 9.13. The molecule has 4 rings (SSSR count). The molecule has 5 atom stereocenters. The van der Waals surface area contributed by atoms with Crippen LogP contribution in [0.15, 0.2) is 11.6 Å². The van der Waals surface area contributed by atoms with Gasteiger partial charge in [-0.15, -0.1) is 0 Å². The smallest absolute Gasteiger partial charge is 0.0686 e. The quantitative estimate of drug-likeness (QED) is 0.573. The Morgan fingerprint density at radius 3 is 2.89 bits per heavy atom. The van der Waals surface area contributed by atoms with E-state index in [1.165, 1.54) is 51.4 Å². The summed E-state index contributed by atoms with van der Waals surface area (Å²) in [5.41, 5.74) is 2.60. The lowest BCUT2D eigenvalue weighted by atomic mass is 9.49. The number of ether oxygens (including phenoxy) is 1. The van der Waals surface area contributed by atoms with Crippen LogP contribution in [0.3, 0.4) is 0 Å². The van der Waals surface area contributed by atoms with Crippen LogP contribution in [0.2, 0.25) is 0 Å². The van der Waals surface area contributed by atoms with Crippen molar-refractivity contribution in [3.05, 3.63) is 11.6 Å². The summed E-state index contributed by atoms with van der Waals surface area (Å²) in [6.45, 7) is 6.01. The van der Waals surface area contributed by atoms with Gasteiger partial charge < -0.3 is 4.74 Å². The van der Waals surface area contributed by atoms with Crippen LogP contribution in [0.25, 0.3) is 0 Å². The molecule has 0 spiro atoms. The number of rotatable bonds is 0. The molecule has 1 aliphatic heterocycles. The first-order valence-electron chi connectivity index (χ1n) is 8.47. The minimum absolute atomic E-state index is 0.230. The van der Waals surface area contributed by atoms with Gasteiger partial charge in [-0.05, 0) is 81.5 Å². The second-order valence-electron chi connectivity index (χ2n) is 7.94. The van der Waals surface area contributed by atoms with E-state index in [0.717, 1.165) is 24.4 Å². The molecule has 1 heterocycles. The topological polar surface area (TPSA) is 9.23 Å². The van der Waals surface area contributed by atoms with Gasteiger partial charge in [-0.2, -0.15) is 0 Å². The zero-order chi connectivity index (χ0) is 13.1. The van der Waals surface area contributed by atoms with E-state index in [0.29, 0.717) is 5.41 Å². The highest BCUT2D eigenvalue weighted by atomic mass is 16.5. The fourth-order valence-corrected chi connectivity index (χ4v) is 6.16. The summed E-state index contributed by atoms with van der Waals surface area (Å²) in [6, 6.07) is 0. The molecule has 1 saturated heterocycles. The largest absolute Gasteiger partial charge is 0.375 e. The summed E-state index contributed by atoms with van der Waals surface area (Å²) in [6.07, 6.45) is 13.7. The Labute approximate surface area is 117 Å². The minimum Gasteiger partial charge on any atom is -0.375 e. The average Bonchev–Trinajstić information content (AvgIpc) is 2.79. The maximum absolute atomic E-state index is 6.15. The van der Waals surface area contributed by atoms with Gasteiger partial charge in [0.25, 0.3) is 0 Å². The van der Waals surface area contributed by atoms with Crippen molar-refractivity contribution in [1.82, 2.24) is 0 Å². The normalized spacial score (nSPS) is 52.9. The van der Waals surface area contributed by atoms with Crippen molar-refractivity contribution in [1.29, 1.82) is 0 Å². The van der Waals surface area contributed by atoms with Crippen LogP contribution < -0.4 is 0 Å². The van der Waals surface area contributed by atoms with Gasteiger partial charge in [0.05, 0.1) is 5.60 Å². The molecule has 3 aliphatic carbocycles. The van der Waals surface area contributed by atoms with Gasteiger partial charge in [0.2, 0.25) is 0 Å². The summed E-state index contributed by atoms with van der Waals surface area (Å²) in [5, 5.41) is 0. The molecule has 4 aliphatic rings. The highest BCUT2D eigenvalue weighted by molar-refractivity contribution is 5.23. The van der Waals surface area contributed by atoms with Crippen molar-refractivity contribution < 1.29 is 4.74 Å². The van der Waals surface area contributed by atoms with Gasteiger partial charge in [0.1, 0.15) is 0 Å². The third-order valence-corrected chi connectivity index (χ3v) is 7.22. The second kappa shape index (κ2) is 4.10. The number of hydrogen-bond donors (Lipinski definition) is 0.